The molecular weight excluding hydrogens is 420 g/mol. The van der Waals surface area contributed by atoms with Crippen molar-refractivity contribution in [3.63, 3.8) is 0 Å². The van der Waals surface area contributed by atoms with Gasteiger partial charge in [0.1, 0.15) is 0 Å². The van der Waals surface area contributed by atoms with Crippen LogP contribution in [0, 0.1) is 0 Å². The highest BCUT2D eigenvalue weighted by molar-refractivity contribution is 7.15. The predicted molar refractivity (Wildman–Crippen MR) is 117 cm³/mol. The summed E-state index contributed by atoms with van der Waals surface area (Å²) < 4.78 is 6.98. The molecule has 30 heavy (non-hydrogen) atoms. The van der Waals surface area contributed by atoms with E-state index < -0.39 is 0 Å². The maximum absolute atomic E-state index is 12.1. The molecule has 0 bridgehead atoms. The molecule has 4 aromatic rings. The Balaban J connectivity index is 1.07. The molecule has 1 saturated heterocycles. The third-order valence-corrected chi connectivity index (χ3v) is 6.90. The van der Waals surface area contributed by atoms with Crippen LogP contribution >= 0.6 is 22.7 Å². The van der Waals surface area contributed by atoms with Crippen molar-refractivity contribution in [1.82, 2.24) is 29.3 Å². The van der Waals surface area contributed by atoms with Gasteiger partial charge >= 0.3 is 0 Å². The first-order chi connectivity index (χ1) is 14.7. The molecule has 4 aromatic heterocycles. The number of aryl methyl sites for hydroxylation is 1. The Hall–Kier alpha value is -2.40. The molecular formula is C20H22N6O2S2. The second kappa shape index (κ2) is 8.76. The Morgan fingerprint density at radius 2 is 1.93 bits per heavy atom. The Kier molecular flexibility index (Phi) is 5.71. The first kappa shape index (κ1) is 19.6. The molecule has 10 heteroatoms. The number of hydrogen-bond donors (Lipinski definition) is 0. The zero-order valence-electron chi connectivity index (χ0n) is 16.4. The Labute approximate surface area is 181 Å². The van der Waals surface area contributed by atoms with Gasteiger partial charge in [-0.3, -0.25) is 14.1 Å². The van der Waals surface area contributed by atoms with E-state index in [1.165, 1.54) is 11.3 Å². The molecule has 0 amide bonds. The molecule has 156 valence electrons. The maximum atomic E-state index is 12.1. The van der Waals surface area contributed by atoms with Crippen molar-refractivity contribution in [2.75, 3.05) is 32.7 Å². The summed E-state index contributed by atoms with van der Waals surface area (Å²) >= 11 is 3.11. The molecule has 1 aliphatic rings. The summed E-state index contributed by atoms with van der Waals surface area (Å²) in [6.07, 6.45) is 3.57. The van der Waals surface area contributed by atoms with Gasteiger partial charge in [-0.25, -0.2) is 4.98 Å². The summed E-state index contributed by atoms with van der Waals surface area (Å²) in [6.45, 7) is 5.74. The molecule has 0 aliphatic carbocycles. The third kappa shape index (κ3) is 4.36. The van der Waals surface area contributed by atoms with Crippen LogP contribution in [0.25, 0.3) is 15.7 Å². The quantitative estimate of drug-likeness (QED) is 0.435. The molecule has 0 spiro atoms. The SMILES string of the molecule is O=c1cc(CN2CCN(CCCc3nc(-c4cccs4)no3)CC2)nc2sccn12. The van der Waals surface area contributed by atoms with E-state index in [4.69, 9.17) is 4.52 Å². The average Bonchev–Trinajstić information content (AvgIpc) is 3.51. The summed E-state index contributed by atoms with van der Waals surface area (Å²) in [5.74, 6) is 1.39. The highest BCUT2D eigenvalue weighted by Gasteiger charge is 2.18. The summed E-state index contributed by atoms with van der Waals surface area (Å²) in [5.41, 5.74) is 0.854. The van der Waals surface area contributed by atoms with Gasteiger partial charge in [0, 0.05) is 56.8 Å². The Morgan fingerprint density at radius 1 is 1.07 bits per heavy atom. The van der Waals surface area contributed by atoms with Crippen molar-refractivity contribution in [2.24, 2.45) is 0 Å². The van der Waals surface area contributed by atoms with Crippen LogP contribution in [0.1, 0.15) is 18.0 Å². The van der Waals surface area contributed by atoms with Crippen LogP contribution in [0.5, 0.6) is 0 Å². The topological polar surface area (TPSA) is 79.8 Å². The molecule has 1 fully saturated rings. The van der Waals surface area contributed by atoms with Crippen LogP contribution in [-0.4, -0.2) is 62.0 Å². The number of piperazine rings is 1. The molecule has 1 aliphatic heterocycles. The summed E-state index contributed by atoms with van der Waals surface area (Å²) in [4.78, 5) is 27.9. The number of thiophene rings is 1. The third-order valence-electron chi connectivity index (χ3n) is 5.28. The lowest BCUT2D eigenvalue weighted by Crippen LogP contribution is -2.46. The molecule has 0 atom stereocenters. The van der Waals surface area contributed by atoms with Crippen molar-refractivity contribution >= 4 is 27.6 Å². The van der Waals surface area contributed by atoms with Gasteiger partial charge in [0.05, 0.1) is 10.6 Å². The van der Waals surface area contributed by atoms with E-state index in [0.717, 1.165) is 67.6 Å². The largest absolute Gasteiger partial charge is 0.339 e. The standard InChI is InChI=1S/C20H22N6O2S2/c27-18-13-15(21-20-26(18)10-12-30-20)14-25-8-6-24(7-9-25)5-1-4-17-22-19(23-28-17)16-3-2-11-29-16/h2-3,10-13H,1,4-9,14H2. The number of rotatable bonds is 7. The van der Waals surface area contributed by atoms with Gasteiger partial charge in [-0.2, -0.15) is 4.98 Å². The van der Waals surface area contributed by atoms with Crippen LogP contribution in [0.3, 0.4) is 0 Å². The van der Waals surface area contributed by atoms with E-state index in [0.29, 0.717) is 11.7 Å². The molecule has 0 N–H and O–H groups in total. The summed E-state index contributed by atoms with van der Waals surface area (Å²) in [6, 6.07) is 5.65. The molecule has 0 unspecified atom stereocenters. The normalized spacial score (nSPS) is 15.9. The first-order valence-electron chi connectivity index (χ1n) is 10.0. The fraction of sp³-hybridized carbons (Fsp3) is 0.400. The number of thiazole rings is 1. The zero-order valence-corrected chi connectivity index (χ0v) is 18.1. The van der Waals surface area contributed by atoms with Gasteiger partial charge in [0.2, 0.25) is 11.7 Å². The van der Waals surface area contributed by atoms with Crippen LogP contribution < -0.4 is 5.56 Å². The van der Waals surface area contributed by atoms with E-state index in [2.05, 4.69) is 24.9 Å². The minimum Gasteiger partial charge on any atom is -0.339 e. The predicted octanol–water partition coefficient (Wildman–Crippen LogP) is 2.62. The van der Waals surface area contributed by atoms with Gasteiger partial charge in [0.25, 0.3) is 5.56 Å². The van der Waals surface area contributed by atoms with E-state index in [1.54, 1.807) is 28.0 Å². The summed E-state index contributed by atoms with van der Waals surface area (Å²) in [5, 5.41) is 7.98. The number of aromatic nitrogens is 4. The molecule has 0 radical (unpaired) electrons. The van der Waals surface area contributed by atoms with Crippen LogP contribution in [0.15, 0.2) is 44.5 Å². The van der Waals surface area contributed by atoms with Crippen LogP contribution in [0.2, 0.25) is 0 Å². The van der Waals surface area contributed by atoms with E-state index in [-0.39, 0.29) is 5.56 Å². The van der Waals surface area contributed by atoms with E-state index in [9.17, 15) is 4.79 Å². The zero-order chi connectivity index (χ0) is 20.3. The highest BCUT2D eigenvalue weighted by atomic mass is 32.1. The number of fused-ring (bicyclic) bond motifs is 1. The van der Waals surface area contributed by atoms with Crippen molar-refractivity contribution < 1.29 is 4.52 Å². The van der Waals surface area contributed by atoms with Crippen molar-refractivity contribution in [3.05, 3.63) is 57.1 Å². The highest BCUT2D eigenvalue weighted by Crippen LogP contribution is 2.21. The molecule has 0 aromatic carbocycles. The van der Waals surface area contributed by atoms with E-state index >= 15 is 0 Å². The second-order valence-corrected chi connectivity index (χ2v) is 9.17. The van der Waals surface area contributed by atoms with Crippen molar-refractivity contribution in [3.8, 4) is 10.7 Å². The van der Waals surface area contributed by atoms with Gasteiger partial charge < -0.3 is 9.42 Å². The summed E-state index contributed by atoms with van der Waals surface area (Å²) in [7, 11) is 0. The number of nitrogens with zero attached hydrogens (tertiary/aromatic N) is 6. The molecule has 5 rings (SSSR count). The monoisotopic (exact) mass is 442 g/mol. The molecule has 8 nitrogen and oxygen atoms in total. The average molecular weight is 443 g/mol. The van der Waals surface area contributed by atoms with Gasteiger partial charge in [-0.05, 0) is 24.4 Å². The van der Waals surface area contributed by atoms with Crippen molar-refractivity contribution in [1.29, 1.82) is 0 Å². The van der Waals surface area contributed by atoms with Gasteiger partial charge in [-0.1, -0.05) is 11.2 Å². The van der Waals surface area contributed by atoms with Crippen LogP contribution in [0.4, 0.5) is 0 Å². The van der Waals surface area contributed by atoms with Gasteiger partial charge in [-0.15, -0.1) is 22.7 Å². The lowest BCUT2D eigenvalue weighted by molar-refractivity contribution is 0.124. The lowest BCUT2D eigenvalue weighted by atomic mass is 10.2. The Bertz CT molecular complexity index is 1160. The van der Waals surface area contributed by atoms with Crippen LogP contribution in [-0.2, 0) is 13.0 Å². The van der Waals surface area contributed by atoms with E-state index in [1.807, 2.05) is 22.9 Å². The Morgan fingerprint density at radius 3 is 2.77 bits per heavy atom. The van der Waals surface area contributed by atoms with Crippen molar-refractivity contribution in [2.45, 2.75) is 19.4 Å². The fourth-order valence-electron chi connectivity index (χ4n) is 3.69. The smallest absolute Gasteiger partial charge is 0.258 e. The minimum absolute atomic E-state index is 0.00172. The molecule has 5 heterocycles. The second-order valence-electron chi connectivity index (χ2n) is 7.35. The maximum Gasteiger partial charge on any atom is 0.258 e. The molecule has 0 saturated carbocycles. The number of hydrogen-bond acceptors (Lipinski definition) is 9. The lowest BCUT2D eigenvalue weighted by Gasteiger charge is -2.34. The minimum atomic E-state index is -0.00172. The van der Waals surface area contributed by atoms with Gasteiger partial charge in [0.15, 0.2) is 4.96 Å². The first-order valence-corrected chi connectivity index (χ1v) is 11.8. The fourth-order valence-corrected chi connectivity index (χ4v) is 5.07.